The van der Waals surface area contributed by atoms with E-state index in [0.29, 0.717) is 18.0 Å². The van der Waals surface area contributed by atoms with Crippen LogP contribution in [0.2, 0.25) is 0 Å². The van der Waals surface area contributed by atoms with Crippen LogP contribution in [0, 0.1) is 20.8 Å². The average molecular weight is 415 g/mol. The second kappa shape index (κ2) is 10.2. The minimum Gasteiger partial charge on any atom is -0.489 e. The van der Waals surface area contributed by atoms with Gasteiger partial charge in [-0.25, -0.2) is 5.43 Å². The molecule has 0 heterocycles. The number of hydrogen-bond acceptors (Lipinski definition) is 4. The Kier molecular flexibility index (Phi) is 7.17. The Balaban J connectivity index is 1.53. The minimum absolute atomic E-state index is 0.455. The van der Waals surface area contributed by atoms with Crippen molar-refractivity contribution in [3.05, 3.63) is 94.5 Å². The lowest BCUT2D eigenvalue weighted by Gasteiger charge is -2.08. The van der Waals surface area contributed by atoms with Crippen LogP contribution in [0.3, 0.4) is 0 Å². The molecule has 3 aromatic rings. The van der Waals surface area contributed by atoms with Crippen molar-refractivity contribution in [1.29, 1.82) is 0 Å². The summed E-state index contributed by atoms with van der Waals surface area (Å²) in [6, 6.07) is 21.1. The maximum absolute atomic E-state index is 12.1. The van der Waals surface area contributed by atoms with Gasteiger partial charge in [-0.3, -0.25) is 9.59 Å². The molecule has 3 aromatic carbocycles. The first-order valence-electron chi connectivity index (χ1n) is 9.91. The number of carbonyl (C=O) groups excluding carboxylic acids is 2. The summed E-state index contributed by atoms with van der Waals surface area (Å²) in [6.45, 7) is 6.27. The highest BCUT2D eigenvalue weighted by molar-refractivity contribution is 6.39. The summed E-state index contributed by atoms with van der Waals surface area (Å²) in [5.41, 5.74) is 7.72. The van der Waals surface area contributed by atoms with Crippen molar-refractivity contribution in [2.75, 3.05) is 5.32 Å². The van der Waals surface area contributed by atoms with Crippen LogP contribution in [0.25, 0.3) is 0 Å². The second-order valence-electron chi connectivity index (χ2n) is 7.32. The van der Waals surface area contributed by atoms with Crippen molar-refractivity contribution in [3.63, 3.8) is 0 Å². The largest absolute Gasteiger partial charge is 0.489 e. The van der Waals surface area contributed by atoms with E-state index in [-0.39, 0.29) is 0 Å². The van der Waals surface area contributed by atoms with Gasteiger partial charge in [0.1, 0.15) is 12.4 Å². The van der Waals surface area contributed by atoms with Crippen LogP contribution in [-0.4, -0.2) is 18.0 Å². The zero-order chi connectivity index (χ0) is 22.2. The molecule has 0 aliphatic carbocycles. The Morgan fingerprint density at radius 2 is 1.65 bits per heavy atom. The first-order valence-corrected chi connectivity index (χ1v) is 9.91. The molecular weight excluding hydrogens is 390 g/mol. The molecular formula is C25H25N3O3. The van der Waals surface area contributed by atoms with Crippen molar-refractivity contribution in [1.82, 2.24) is 5.43 Å². The van der Waals surface area contributed by atoms with Gasteiger partial charge in [0.05, 0.1) is 6.21 Å². The fraction of sp³-hybridized carbons (Fsp3) is 0.160. The number of nitrogens with one attached hydrogen (secondary N) is 2. The SMILES string of the molecule is Cc1ccc(COc2cccc(/C=N/NC(=O)C(=O)Nc3cc(C)ccc3C)c2)cc1. The summed E-state index contributed by atoms with van der Waals surface area (Å²) in [7, 11) is 0. The third-order valence-corrected chi connectivity index (χ3v) is 4.61. The number of anilines is 1. The number of benzene rings is 3. The number of rotatable bonds is 6. The zero-order valence-corrected chi connectivity index (χ0v) is 17.8. The van der Waals surface area contributed by atoms with Gasteiger partial charge in [0.25, 0.3) is 0 Å². The van der Waals surface area contributed by atoms with Crippen molar-refractivity contribution in [3.8, 4) is 5.75 Å². The summed E-state index contributed by atoms with van der Waals surface area (Å²) >= 11 is 0. The van der Waals surface area contributed by atoms with Gasteiger partial charge in [-0.05, 0) is 61.2 Å². The number of nitrogens with zero attached hydrogens (tertiary/aromatic N) is 1. The van der Waals surface area contributed by atoms with Gasteiger partial charge in [-0.15, -0.1) is 0 Å². The third-order valence-electron chi connectivity index (χ3n) is 4.61. The van der Waals surface area contributed by atoms with Crippen LogP contribution in [-0.2, 0) is 16.2 Å². The molecule has 3 rings (SSSR count). The van der Waals surface area contributed by atoms with Gasteiger partial charge in [-0.2, -0.15) is 5.10 Å². The predicted octanol–water partition coefficient (Wildman–Crippen LogP) is 4.28. The lowest BCUT2D eigenvalue weighted by Crippen LogP contribution is -2.32. The van der Waals surface area contributed by atoms with Gasteiger partial charge in [0.2, 0.25) is 0 Å². The normalized spacial score (nSPS) is 10.7. The van der Waals surface area contributed by atoms with E-state index >= 15 is 0 Å². The molecule has 0 saturated carbocycles. The van der Waals surface area contributed by atoms with E-state index in [1.54, 1.807) is 6.07 Å². The molecule has 0 bridgehead atoms. The quantitative estimate of drug-likeness (QED) is 0.358. The number of carbonyl (C=O) groups is 2. The van der Waals surface area contributed by atoms with Crippen LogP contribution >= 0.6 is 0 Å². The Morgan fingerprint density at radius 3 is 2.42 bits per heavy atom. The predicted molar refractivity (Wildman–Crippen MR) is 122 cm³/mol. The molecule has 0 aromatic heterocycles. The number of amides is 2. The second-order valence-corrected chi connectivity index (χ2v) is 7.32. The lowest BCUT2D eigenvalue weighted by atomic mass is 10.1. The topological polar surface area (TPSA) is 79.8 Å². The standard InChI is InChI=1S/C25H25N3O3/c1-17-8-11-20(12-9-17)16-31-22-6-4-5-21(14-22)15-26-28-25(30)24(29)27-23-13-18(2)7-10-19(23)3/h4-15H,16H2,1-3H3,(H,27,29)(H,28,30)/b26-15+. The fourth-order valence-corrected chi connectivity index (χ4v) is 2.80. The van der Waals surface area contributed by atoms with Crippen LogP contribution in [0.4, 0.5) is 5.69 Å². The highest BCUT2D eigenvalue weighted by Crippen LogP contribution is 2.16. The molecule has 6 heteroatoms. The van der Waals surface area contributed by atoms with Crippen molar-refractivity contribution < 1.29 is 14.3 Å². The lowest BCUT2D eigenvalue weighted by molar-refractivity contribution is -0.136. The number of ether oxygens (including phenoxy) is 1. The van der Waals surface area contributed by atoms with E-state index in [1.807, 2.05) is 81.4 Å². The van der Waals surface area contributed by atoms with Crippen molar-refractivity contribution in [2.45, 2.75) is 27.4 Å². The van der Waals surface area contributed by atoms with E-state index < -0.39 is 11.8 Å². The molecule has 0 spiro atoms. The molecule has 0 atom stereocenters. The molecule has 0 radical (unpaired) electrons. The fourth-order valence-electron chi connectivity index (χ4n) is 2.80. The first-order chi connectivity index (χ1) is 14.9. The number of aryl methyl sites for hydroxylation is 3. The van der Waals surface area contributed by atoms with E-state index in [1.165, 1.54) is 11.8 Å². The van der Waals surface area contributed by atoms with Crippen LogP contribution in [0.5, 0.6) is 5.75 Å². The van der Waals surface area contributed by atoms with Gasteiger partial charge in [0.15, 0.2) is 0 Å². The summed E-state index contributed by atoms with van der Waals surface area (Å²) in [5, 5.41) is 6.47. The molecule has 0 aliphatic rings. The Labute approximate surface area is 182 Å². The highest BCUT2D eigenvalue weighted by Gasteiger charge is 2.14. The summed E-state index contributed by atoms with van der Waals surface area (Å²) < 4.78 is 5.81. The van der Waals surface area contributed by atoms with Crippen LogP contribution in [0.1, 0.15) is 27.8 Å². The molecule has 2 N–H and O–H groups in total. The third kappa shape index (κ3) is 6.54. The molecule has 158 valence electrons. The van der Waals surface area contributed by atoms with Gasteiger partial charge in [-0.1, -0.05) is 54.1 Å². The molecule has 31 heavy (non-hydrogen) atoms. The number of hydrazone groups is 1. The Hall–Kier alpha value is -3.93. The maximum Gasteiger partial charge on any atom is 0.329 e. The minimum atomic E-state index is -0.844. The molecule has 0 saturated heterocycles. The zero-order valence-electron chi connectivity index (χ0n) is 17.8. The highest BCUT2D eigenvalue weighted by atomic mass is 16.5. The van der Waals surface area contributed by atoms with Crippen LogP contribution < -0.4 is 15.5 Å². The molecule has 6 nitrogen and oxygen atoms in total. The van der Waals surface area contributed by atoms with E-state index in [4.69, 9.17) is 4.74 Å². The molecule has 0 fully saturated rings. The van der Waals surface area contributed by atoms with Gasteiger partial charge >= 0.3 is 11.8 Å². The molecule has 0 unspecified atom stereocenters. The monoisotopic (exact) mass is 415 g/mol. The average Bonchev–Trinajstić information content (AvgIpc) is 2.76. The summed E-state index contributed by atoms with van der Waals surface area (Å²) in [4.78, 5) is 24.1. The first kappa shape index (κ1) is 21.8. The number of hydrogen-bond donors (Lipinski definition) is 2. The van der Waals surface area contributed by atoms with E-state index in [0.717, 1.165) is 22.3 Å². The Bertz CT molecular complexity index is 1110. The van der Waals surface area contributed by atoms with E-state index in [2.05, 4.69) is 15.8 Å². The van der Waals surface area contributed by atoms with Crippen LogP contribution in [0.15, 0.2) is 71.8 Å². The molecule has 2 amide bonds. The maximum atomic E-state index is 12.1. The Morgan fingerprint density at radius 1 is 0.903 bits per heavy atom. The van der Waals surface area contributed by atoms with Crippen molar-refractivity contribution in [2.24, 2.45) is 5.10 Å². The van der Waals surface area contributed by atoms with Gasteiger partial charge < -0.3 is 10.1 Å². The van der Waals surface area contributed by atoms with Gasteiger partial charge in [0, 0.05) is 5.69 Å². The summed E-state index contributed by atoms with van der Waals surface area (Å²) in [5.74, 6) is -0.937. The summed E-state index contributed by atoms with van der Waals surface area (Å²) in [6.07, 6.45) is 1.46. The van der Waals surface area contributed by atoms with E-state index in [9.17, 15) is 9.59 Å². The smallest absolute Gasteiger partial charge is 0.329 e. The van der Waals surface area contributed by atoms with Crippen molar-refractivity contribution >= 4 is 23.7 Å². The molecule has 0 aliphatic heterocycles.